The van der Waals surface area contributed by atoms with Gasteiger partial charge in [0.25, 0.3) is 0 Å². The van der Waals surface area contributed by atoms with Crippen LogP contribution >= 0.6 is 0 Å². The first-order valence-corrected chi connectivity index (χ1v) is 9.48. The molecule has 0 radical (unpaired) electrons. The Bertz CT molecular complexity index is 876. The first kappa shape index (κ1) is 19.6. The molecule has 0 aliphatic heterocycles. The third-order valence-electron chi connectivity index (χ3n) is 3.46. The van der Waals surface area contributed by atoms with Crippen LogP contribution in [0.25, 0.3) is 0 Å². The van der Waals surface area contributed by atoms with Crippen molar-refractivity contribution in [3.8, 4) is 0 Å². The van der Waals surface area contributed by atoms with E-state index in [0.29, 0.717) is 11.4 Å². The molecule has 0 fully saturated rings. The van der Waals surface area contributed by atoms with E-state index < -0.39 is 10.0 Å². The number of hydrogen-bond acceptors (Lipinski definition) is 4. The molecule has 0 spiro atoms. The second-order valence-corrected chi connectivity index (χ2v) is 7.53. The Morgan fingerprint density at radius 2 is 1.42 bits per heavy atom. The van der Waals surface area contributed by atoms with Crippen molar-refractivity contribution in [1.82, 2.24) is 4.72 Å². The van der Waals surface area contributed by atoms with E-state index in [2.05, 4.69) is 15.4 Å². The zero-order valence-corrected chi connectivity index (χ0v) is 15.4. The fourth-order valence-corrected chi connectivity index (χ4v) is 3.20. The number of hydrogen-bond donors (Lipinski definition) is 3. The third kappa shape index (κ3) is 5.98. The molecule has 26 heavy (non-hydrogen) atoms. The summed E-state index contributed by atoms with van der Waals surface area (Å²) in [5.74, 6) is -0.494. The van der Waals surface area contributed by atoms with Crippen molar-refractivity contribution in [1.29, 1.82) is 0 Å². The lowest BCUT2D eigenvalue weighted by Gasteiger charge is -2.09. The minimum atomic E-state index is -3.63. The average Bonchev–Trinajstić information content (AvgIpc) is 2.56. The highest BCUT2D eigenvalue weighted by Gasteiger charge is 2.13. The minimum absolute atomic E-state index is 0.00145. The lowest BCUT2D eigenvalue weighted by Crippen LogP contribution is -2.27. The van der Waals surface area contributed by atoms with Crippen LogP contribution < -0.4 is 15.4 Å². The highest BCUT2D eigenvalue weighted by Crippen LogP contribution is 2.14. The van der Waals surface area contributed by atoms with Crippen LogP contribution in [-0.2, 0) is 19.6 Å². The van der Waals surface area contributed by atoms with Crippen LogP contribution in [0.15, 0.2) is 53.4 Å². The highest BCUT2D eigenvalue weighted by atomic mass is 32.2. The van der Waals surface area contributed by atoms with Gasteiger partial charge in [0, 0.05) is 31.3 Å². The number of aryl methyl sites for hydroxylation is 1. The molecule has 0 saturated heterocycles. The Kier molecular flexibility index (Phi) is 6.48. The van der Waals surface area contributed by atoms with Gasteiger partial charge in [0.05, 0.1) is 4.90 Å². The van der Waals surface area contributed by atoms with E-state index in [-0.39, 0.29) is 29.7 Å². The first-order chi connectivity index (χ1) is 12.3. The maximum absolute atomic E-state index is 12.1. The zero-order valence-electron chi connectivity index (χ0n) is 14.6. The summed E-state index contributed by atoms with van der Waals surface area (Å²) in [6.07, 6.45) is -0.00145. The van der Waals surface area contributed by atoms with Crippen molar-refractivity contribution in [2.45, 2.75) is 25.2 Å². The maximum atomic E-state index is 12.1. The fourth-order valence-electron chi connectivity index (χ4n) is 2.16. The van der Waals surface area contributed by atoms with E-state index in [4.69, 9.17) is 0 Å². The first-order valence-electron chi connectivity index (χ1n) is 8.00. The molecule has 0 bridgehead atoms. The van der Waals surface area contributed by atoms with Crippen molar-refractivity contribution < 1.29 is 18.0 Å². The van der Waals surface area contributed by atoms with Gasteiger partial charge in [0.15, 0.2) is 0 Å². The standard InChI is InChI=1S/C18H21N3O4S/c1-13-3-9-17(10-4-13)26(24,25)19-12-11-18(23)21-16-7-5-15(6-8-16)20-14(2)22/h3-10,19H,11-12H2,1-2H3,(H,20,22)(H,21,23). The topological polar surface area (TPSA) is 104 Å². The van der Waals surface area contributed by atoms with Gasteiger partial charge in [-0.3, -0.25) is 9.59 Å². The average molecular weight is 375 g/mol. The number of carbonyl (C=O) groups is 2. The van der Waals surface area contributed by atoms with Gasteiger partial charge in [-0.05, 0) is 43.3 Å². The Labute approximate surface area is 152 Å². The Morgan fingerprint density at radius 1 is 0.885 bits per heavy atom. The molecule has 7 nitrogen and oxygen atoms in total. The summed E-state index contributed by atoms with van der Waals surface area (Å²) in [5.41, 5.74) is 2.15. The normalized spacial score (nSPS) is 11.0. The molecule has 3 N–H and O–H groups in total. The molecule has 2 aromatic rings. The predicted molar refractivity (Wildman–Crippen MR) is 100 cm³/mol. The molecule has 0 saturated carbocycles. The van der Waals surface area contributed by atoms with Crippen LogP contribution in [0.5, 0.6) is 0 Å². The lowest BCUT2D eigenvalue weighted by atomic mass is 10.2. The van der Waals surface area contributed by atoms with Crippen LogP contribution in [0.2, 0.25) is 0 Å². The van der Waals surface area contributed by atoms with Crippen molar-refractivity contribution in [3.63, 3.8) is 0 Å². The van der Waals surface area contributed by atoms with Gasteiger partial charge in [-0.15, -0.1) is 0 Å². The van der Waals surface area contributed by atoms with E-state index in [0.717, 1.165) is 5.56 Å². The van der Waals surface area contributed by atoms with E-state index >= 15 is 0 Å². The summed E-state index contributed by atoms with van der Waals surface area (Å²) in [5, 5.41) is 5.30. The molecule has 0 heterocycles. The summed E-state index contributed by atoms with van der Waals surface area (Å²) in [7, 11) is -3.63. The number of benzene rings is 2. The van der Waals surface area contributed by atoms with Gasteiger partial charge in [-0.2, -0.15) is 0 Å². The molecule has 0 aliphatic carbocycles. The number of carbonyl (C=O) groups excluding carboxylic acids is 2. The van der Waals surface area contributed by atoms with Gasteiger partial charge in [0.1, 0.15) is 0 Å². The largest absolute Gasteiger partial charge is 0.326 e. The Morgan fingerprint density at radius 3 is 1.96 bits per heavy atom. The van der Waals surface area contributed by atoms with Gasteiger partial charge < -0.3 is 10.6 Å². The second kappa shape index (κ2) is 8.59. The molecule has 0 aliphatic rings. The smallest absolute Gasteiger partial charge is 0.240 e. The van der Waals surface area contributed by atoms with Gasteiger partial charge >= 0.3 is 0 Å². The summed E-state index contributed by atoms with van der Waals surface area (Å²) < 4.78 is 26.7. The van der Waals surface area contributed by atoms with Gasteiger partial charge in [-0.1, -0.05) is 17.7 Å². The van der Waals surface area contributed by atoms with Crippen molar-refractivity contribution in [2.24, 2.45) is 0 Å². The van der Waals surface area contributed by atoms with E-state index in [1.165, 1.54) is 19.1 Å². The van der Waals surface area contributed by atoms with E-state index in [1.54, 1.807) is 36.4 Å². The van der Waals surface area contributed by atoms with Crippen molar-refractivity contribution >= 4 is 33.2 Å². The highest BCUT2D eigenvalue weighted by molar-refractivity contribution is 7.89. The van der Waals surface area contributed by atoms with Crippen LogP contribution in [0.1, 0.15) is 18.9 Å². The molecular weight excluding hydrogens is 354 g/mol. The minimum Gasteiger partial charge on any atom is -0.326 e. The summed E-state index contributed by atoms with van der Waals surface area (Å²) in [6, 6.07) is 13.1. The number of rotatable bonds is 7. The van der Waals surface area contributed by atoms with Gasteiger partial charge in [0.2, 0.25) is 21.8 Å². The zero-order chi connectivity index (χ0) is 19.2. The molecule has 0 aromatic heterocycles. The molecule has 0 atom stereocenters. The summed E-state index contributed by atoms with van der Waals surface area (Å²) >= 11 is 0. The number of sulfonamides is 1. The maximum Gasteiger partial charge on any atom is 0.240 e. The van der Waals surface area contributed by atoms with Crippen LogP contribution in [0, 0.1) is 6.92 Å². The number of amides is 2. The van der Waals surface area contributed by atoms with Crippen molar-refractivity contribution in [2.75, 3.05) is 17.2 Å². The molecule has 2 amide bonds. The lowest BCUT2D eigenvalue weighted by molar-refractivity contribution is -0.116. The SMILES string of the molecule is CC(=O)Nc1ccc(NC(=O)CCNS(=O)(=O)c2ccc(C)cc2)cc1. The summed E-state index contributed by atoms with van der Waals surface area (Å²) in [6.45, 7) is 3.27. The number of nitrogens with one attached hydrogen (secondary N) is 3. The Hall–Kier alpha value is -2.71. The Balaban J connectivity index is 1.83. The van der Waals surface area contributed by atoms with E-state index in [9.17, 15) is 18.0 Å². The van der Waals surface area contributed by atoms with Crippen LogP contribution in [-0.4, -0.2) is 26.8 Å². The van der Waals surface area contributed by atoms with Crippen LogP contribution in [0.3, 0.4) is 0 Å². The van der Waals surface area contributed by atoms with Gasteiger partial charge in [-0.25, -0.2) is 13.1 Å². The molecule has 2 aromatic carbocycles. The van der Waals surface area contributed by atoms with E-state index in [1.807, 2.05) is 6.92 Å². The molecule has 2 rings (SSSR count). The van der Waals surface area contributed by atoms with Crippen molar-refractivity contribution in [3.05, 3.63) is 54.1 Å². The van der Waals surface area contributed by atoms with Crippen LogP contribution in [0.4, 0.5) is 11.4 Å². The second-order valence-electron chi connectivity index (χ2n) is 5.77. The number of anilines is 2. The quantitative estimate of drug-likeness (QED) is 0.690. The molecular formula is C18H21N3O4S. The third-order valence-corrected chi connectivity index (χ3v) is 4.94. The molecule has 138 valence electrons. The monoisotopic (exact) mass is 375 g/mol. The predicted octanol–water partition coefficient (Wildman–Crippen LogP) is 2.26. The summed E-state index contributed by atoms with van der Waals surface area (Å²) in [4.78, 5) is 23.0. The fraction of sp³-hybridized carbons (Fsp3) is 0.222. The molecule has 8 heteroatoms. The molecule has 0 unspecified atom stereocenters.